The average molecular weight is 460 g/mol. The number of amides is 1. The van der Waals surface area contributed by atoms with Gasteiger partial charge in [0.25, 0.3) is 0 Å². The molecule has 1 unspecified atom stereocenters. The van der Waals surface area contributed by atoms with Crippen LogP contribution < -0.4 is 20.3 Å². The summed E-state index contributed by atoms with van der Waals surface area (Å²) in [6.07, 6.45) is 7.85. The van der Waals surface area contributed by atoms with Crippen LogP contribution in [0.2, 0.25) is 0 Å². The van der Waals surface area contributed by atoms with Crippen molar-refractivity contribution in [2.45, 2.75) is 44.7 Å². The Morgan fingerprint density at radius 1 is 1.35 bits per heavy atom. The predicted molar refractivity (Wildman–Crippen MR) is 129 cm³/mol. The fourth-order valence-corrected chi connectivity index (χ4v) is 4.63. The molecule has 176 valence electrons. The van der Waals surface area contributed by atoms with Crippen molar-refractivity contribution in [2.75, 3.05) is 31.1 Å². The van der Waals surface area contributed by atoms with Gasteiger partial charge in [-0.3, -0.25) is 4.79 Å². The largest absolute Gasteiger partial charge is 0.492 e. The molecule has 1 amide bonds. The summed E-state index contributed by atoms with van der Waals surface area (Å²) >= 11 is 0. The number of ether oxygens (including phenoxy) is 1. The number of piperidine rings is 1. The highest BCUT2D eigenvalue weighted by Crippen LogP contribution is 2.32. The molecule has 2 saturated heterocycles. The van der Waals surface area contributed by atoms with Crippen molar-refractivity contribution in [3.05, 3.63) is 42.4 Å². The van der Waals surface area contributed by atoms with Crippen LogP contribution in [0.5, 0.6) is 5.75 Å². The summed E-state index contributed by atoms with van der Waals surface area (Å²) in [6, 6.07) is 8.17. The number of fused-ring (bicyclic) bond motifs is 1. The summed E-state index contributed by atoms with van der Waals surface area (Å²) in [5.41, 5.74) is 2.82. The van der Waals surface area contributed by atoms with Crippen LogP contribution in [0.15, 0.2) is 36.8 Å². The molecule has 0 aromatic carbocycles. The highest BCUT2D eigenvalue weighted by atomic mass is 16.5. The lowest BCUT2D eigenvalue weighted by molar-refractivity contribution is -0.126. The lowest BCUT2D eigenvalue weighted by Crippen LogP contribution is -2.60. The minimum Gasteiger partial charge on any atom is -0.492 e. The van der Waals surface area contributed by atoms with E-state index < -0.39 is 0 Å². The molecule has 2 aliphatic heterocycles. The Labute approximate surface area is 198 Å². The van der Waals surface area contributed by atoms with Gasteiger partial charge in [0.15, 0.2) is 0 Å². The maximum atomic E-state index is 12.4. The quantitative estimate of drug-likeness (QED) is 0.583. The molecular formula is C25H29N7O2. The van der Waals surface area contributed by atoms with E-state index in [-0.39, 0.29) is 17.5 Å². The molecule has 0 aliphatic carbocycles. The molecule has 0 saturated carbocycles. The molecule has 2 N–H and O–H groups in total. The summed E-state index contributed by atoms with van der Waals surface area (Å²) in [5.74, 6) is 1.71. The molecule has 34 heavy (non-hydrogen) atoms. The number of anilines is 1. The predicted octanol–water partition coefficient (Wildman–Crippen LogP) is 2.50. The van der Waals surface area contributed by atoms with Gasteiger partial charge >= 0.3 is 0 Å². The van der Waals surface area contributed by atoms with Crippen LogP contribution in [0, 0.1) is 11.3 Å². The second kappa shape index (κ2) is 8.95. The third-order valence-electron chi connectivity index (χ3n) is 6.83. The highest BCUT2D eigenvalue weighted by Gasteiger charge is 2.35. The molecule has 2 aliphatic rings. The molecule has 0 bridgehead atoms. The molecule has 5 rings (SSSR count). The summed E-state index contributed by atoms with van der Waals surface area (Å²) in [7, 11) is 0. The van der Waals surface area contributed by atoms with Gasteiger partial charge in [0, 0.05) is 36.0 Å². The lowest BCUT2D eigenvalue weighted by Gasteiger charge is -2.42. The lowest BCUT2D eigenvalue weighted by atomic mass is 9.88. The Balaban J connectivity index is 1.33. The van der Waals surface area contributed by atoms with E-state index in [9.17, 15) is 10.1 Å². The molecule has 0 spiro atoms. The summed E-state index contributed by atoms with van der Waals surface area (Å²) in [6.45, 7) is 7.18. The number of nitrogens with zero attached hydrogens (tertiary/aromatic N) is 5. The zero-order chi connectivity index (χ0) is 23.7. The first kappa shape index (κ1) is 22.2. The van der Waals surface area contributed by atoms with Gasteiger partial charge in [0.05, 0.1) is 36.1 Å². The Kier molecular flexibility index (Phi) is 5.84. The van der Waals surface area contributed by atoms with Crippen molar-refractivity contribution in [3.8, 4) is 22.9 Å². The zero-order valence-electron chi connectivity index (χ0n) is 19.5. The van der Waals surface area contributed by atoms with E-state index in [1.165, 1.54) is 0 Å². The van der Waals surface area contributed by atoms with Gasteiger partial charge in [-0.1, -0.05) is 0 Å². The maximum Gasteiger partial charge on any atom is 0.237 e. The van der Waals surface area contributed by atoms with Crippen LogP contribution in [-0.4, -0.2) is 58.3 Å². The third kappa shape index (κ3) is 4.17. The number of carbonyl (C=O) groups excluding carboxylic acids is 1. The first-order valence-electron chi connectivity index (χ1n) is 11.8. The first-order chi connectivity index (χ1) is 16.5. The Hall–Kier alpha value is -3.64. The minimum absolute atomic E-state index is 0.0332. The van der Waals surface area contributed by atoms with E-state index >= 15 is 0 Å². The van der Waals surface area contributed by atoms with Gasteiger partial charge in [-0.25, -0.2) is 9.50 Å². The van der Waals surface area contributed by atoms with Crippen molar-refractivity contribution in [1.82, 2.24) is 25.2 Å². The van der Waals surface area contributed by atoms with Crippen LogP contribution in [0.1, 0.15) is 38.7 Å². The van der Waals surface area contributed by atoms with E-state index in [1.54, 1.807) is 16.9 Å². The Morgan fingerprint density at radius 3 is 2.76 bits per heavy atom. The SMILES string of the molecule is CCOc1cc(-c2ccc(N3CCC(C)(NC(=O)C4CCN4)CC3)nc2)c2c(C#N)cnn2c1. The number of nitriles is 1. The molecule has 2 fully saturated rings. The fourth-order valence-electron chi connectivity index (χ4n) is 4.63. The summed E-state index contributed by atoms with van der Waals surface area (Å²) in [5, 5.41) is 20.3. The van der Waals surface area contributed by atoms with Gasteiger partial charge in [0.2, 0.25) is 5.91 Å². The van der Waals surface area contributed by atoms with Crippen molar-refractivity contribution in [1.29, 1.82) is 5.26 Å². The third-order valence-corrected chi connectivity index (χ3v) is 6.83. The van der Waals surface area contributed by atoms with Crippen LogP contribution in [-0.2, 0) is 4.79 Å². The van der Waals surface area contributed by atoms with Gasteiger partial charge in [0.1, 0.15) is 17.6 Å². The van der Waals surface area contributed by atoms with Crippen molar-refractivity contribution < 1.29 is 9.53 Å². The molecule has 0 radical (unpaired) electrons. The molecule has 1 atom stereocenters. The average Bonchev–Trinajstić information content (AvgIpc) is 3.21. The molecule has 3 aromatic rings. The van der Waals surface area contributed by atoms with Crippen LogP contribution in [0.3, 0.4) is 0 Å². The van der Waals surface area contributed by atoms with Gasteiger partial charge in [-0.2, -0.15) is 10.4 Å². The van der Waals surface area contributed by atoms with E-state index in [0.717, 1.165) is 61.4 Å². The van der Waals surface area contributed by atoms with Gasteiger partial charge in [-0.05, 0) is 57.9 Å². The second-order valence-electron chi connectivity index (χ2n) is 9.22. The zero-order valence-corrected chi connectivity index (χ0v) is 19.5. The first-order valence-corrected chi connectivity index (χ1v) is 11.8. The summed E-state index contributed by atoms with van der Waals surface area (Å²) in [4.78, 5) is 19.4. The van der Waals surface area contributed by atoms with Crippen LogP contribution >= 0.6 is 0 Å². The molecule has 9 nitrogen and oxygen atoms in total. The Bertz CT molecular complexity index is 1230. The number of pyridine rings is 2. The monoisotopic (exact) mass is 459 g/mol. The highest BCUT2D eigenvalue weighted by molar-refractivity contribution is 5.85. The minimum atomic E-state index is -0.189. The van der Waals surface area contributed by atoms with Crippen molar-refractivity contribution in [2.24, 2.45) is 0 Å². The molecular weight excluding hydrogens is 430 g/mol. The topological polar surface area (TPSA) is 108 Å². The number of hydrogen-bond donors (Lipinski definition) is 2. The maximum absolute atomic E-state index is 12.4. The summed E-state index contributed by atoms with van der Waals surface area (Å²) < 4.78 is 7.39. The number of aromatic nitrogens is 3. The van der Waals surface area contributed by atoms with Gasteiger partial charge < -0.3 is 20.3 Å². The second-order valence-corrected chi connectivity index (χ2v) is 9.22. The molecule has 5 heterocycles. The van der Waals surface area contributed by atoms with Crippen LogP contribution in [0.4, 0.5) is 5.82 Å². The normalized spacial score (nSPS) is 19.3. The Morgan fingerprint density at radius 2 is 2.15 bits per heavy atom. The number of nitrogens with one attached hydrogen (secondary N) is 2. The smallest absolute Gasteiger partial charge is 0.237 e. The van der Waals surface area contributed by atoms with E-state index in [2.05, 4.69) is 33.6 Å². The molecule has 9 heteroatoms. The fraction of sp³-hybridized carbons (Fsp3) is 0.440. The van der Waals surface area contributed by atoms with Crippen molar-refractivity contribution >= 4 is 17.2 Å². The van der Waals surface area contributed by atoms with Crippen molar-refractivity contribution in [3.63, 3.8) is 0 Å². The van der Waals surface area contributed by atoms with Gasteiger partial charge in [-0.15, -0.1) is 0 Å². The number of rotatable bonds is 6. The van der Waals surface area contributed by atoms with Crippen LogP contribution in [0.25, 0.3) is 16.6 Å². The standard InChI is InChI=1S/C25H29N7O2/c1-3-34-19-12-20(23-18(13-26)15-29-32(23)16-19)17-4-5-22(28-14-17)31-10-7-25(2,8-11-31)30-24(33)21-6-9-27-21/h4-5,12,14-16,21,27H,3,6-11H2,1-2H3,(H,30,33). The number of carbonyl (C=O) groups is 1. The number of hydrogen-bond acceptors (Lipinski definition) is 7. The van der Waals surface area contributed by atoms with E-state index in [1.807, 2.05) is 31.3 Å². The van der Waals surface area contributed by atoms with E-state index in [4.69, 9.17) is 9.72 Å². The van der Waals surface area contributed by atoms with E-state index in [0.29, 0.717) is 17.9 Å². The molecule has 3 aromatic heterocycles.